The Hall–Kier alpha value is -3.48. The molecule has 4 rings (SSSR count). The summed E-state index contributed by atoms with van der Waals surface area (Å²) in [5.74, 6) is -0.159. The number of carbonyl (C=O) groups excluding carboxylic acids is 1. The van der Waals surface area contributed by atoms with E-state index in [1.165, 1.54) is 24.0 Å². The van der Waals surface area contributed by atoms with Crippen molar-refractivity contribution in [3.63, 3.8) is 0 Å². The van der Waals surface area contributed by atoms with Gasteiger partial charge in [-0.25, -0.2) is 4.98 Å². The van der Waals surface area contributed by atoms with Crippen LogP contribution in [0.4, 0.5) is 11.4 Å². The molecule has 2 heterocycles. The molecule has 0 unspecified atom stereocenters. The predicted molar refractivity (Wildman–Crippen MR) is 102 cm³/mol. The Morgan fingerprint density at radius 3 is 2.63 bits per heavy atom. The number of hydrogen-bond acceptors (Lipinski definition) is 4. The second-order valence-corrected chi connectivity index (χ2v) is 6.70. The fourth-order valence-electron chi connectivity index (χ4n) is 3.45. The summed E-state index contributed by atoms with van der Waals surface area (Å²) in [6.07, 6.45) is 5.45. The number of nitro benzene ring substituents is 1. The Kier molecular flexibility index (Phi) is 3.99. The molecule has 0 saturated carbocycles. The first-order valence-corrected chi connectivity index (χ1v) is 8.64. The molecule has 7 heteroatoms. The molecule has 0 fully saturated rings. The van der Waals surface area contributed by atoms with Gasteiger partial charge in [-0.3, -0.25) is 14.9 Å². The van der Waals surface area contributed by atoms with Gasteiger partial charge in [0.2, 0.25) is 0 Å². The van der Waals surface area contributed by atoms with Crippen LogP contribution in [0.15, 0.2) is 49.1 Å². The molecule has 0 spiro atoms. The third kappa shape index (κ3) is 2.87. The van der Waals surface area contributed by atoms with Crippen molar-refractivity contribution < 1.29 is 9.72 Å². The van der Waals surface area contributed by atoms with E-state index in [1.54, 1.807) is 27.9 Å². The standard InChI is InChI=1S/C20H18N4O3/c1-13-9-15-5-7-23(18(15)10-14(13)2)20(25)16-3-4-17(24(26)27)19(11-16)22-8-6-21-12-22/h3-4,6,8-12H,5,7H2,1-2H3. The zero-order valence-electron chi connectivity index (χ0n) is 15.0. The molecule has 1 aromatic heterocycles. The van der Waals surface area contributed by atoms with Gasteiger partial charge >= 0.3 is 0 Å². The van der Waals surface area contributed by atoms with Gasteiger partial charge in [-0.15, -0.1) is 0 Å². The molecule has 0 saturated heterocycles. The highest BCUT2D eigenvalue weighted by molar-refractivity contribution is 6.08. The molecule has 0 atom stereocenters. The first-order valence-electron chi connectivity index (χ1n) is 8.64. The number of fused-ring (bicyclic) bond motifs is 1. The molecule has 7 nitrogen and oxygen atoms in total. The van der Waals surface area contributed by atoms with E-state index in [1.807, 2.05) is 13.0 Å². The highest BCUT2D eigenvalue weighted by Gasteiger charge is 2.27. The highest BCUT2D eigenvalue weighted by atomic mass is 16.6. The largest absolute Gasteiger partial charge is 0.308 e. The molecule has 2 aromatic carbocycles. The summed E-state index contributed by atoms with van der Waals surface area (Å²) in [7, 11) is 0. The van der Waals surface area contributed by atoms with Crippen LogP contribution in [0.5, 0.6) is 0 Å². The zero-order chi connectivity index (χ0) is 19.1. The van der Waals surface area contributed by atoms with Gasteiger partial charge in [-0.05, 0) is 55.2 Å². The summed E-state index contributed by atoms with van der Waals surface area (Å²) in [4.78, 5) is 29.7. The van der Waals surface area contributed by atoms with Crippen LogP contribution in [0, 0.1) is 24.0 Å². The lowest BCUT2D eigenvalue weighted by atomic mass is 10.0. The Bertz CT molecular complexity index is 1060. The van der Waals surface area contributed by atoms with Gasteiger partial charge in [0.1, 0.15) is 5.69 Å². The monoisotopic (exact) mass is 362 g/mol. The van der Waals surface area contributed by atoms with Gasteiger partial charge in [-0.2, -0.15) is 0 Å². The summed E-state index contributed by atoms with van der Waals surface area (Å²) in [6, 6.07) is 8.61. The molecule has 27 heavy (non-hydrogen) atoms. The maximum Gasteiger partial charge on any atom is 0.293 e. The van der Waals surface area contributed by atoms with Gasteiger partial charge in [-0.1, -0.05) is 6.07 Å². The lowest BCUT2D eigenvalue weighted by Gasteiger charge is -2.19. The Morgan fingerprint density at radius 2 is 1.93 bits per heavy atom. The van der Waals surface area contributed by atoms with Gasteiger partial charge in [0, 0.05) is 36.3 Å². The fourth-order valence-corrected chi connectivity index (χ4v) is 3.45. The first kappa shape index (κ1) is 17.0. The number of carbonyl (C=O) groups is 1. The van der Waals surface area contributed by atoms with E-state index < -0.39 is 4.92 Å². The molecule has 0 N–H and O–H groups in total. The highest BCUT2D eigenvalue weighted by Crippen LogP contribution is 2.33. The van der Waals surface area contributed by atoms with Gasteiger partial charge in [0.25, 0.3) is 11.6 Å². The Labute approximate surface area is 156 Å². The van der Waals surface area contributed by atoms with E-state index in [0.29, 0.717) is 17.8 Å². The van der Waals surface area contributed by atoms with Crippen LogP contribution in [0.25, 0.3) is 5.69 Å². The molecular formula is C20H18N4O3. The van der Waals surface area contributed by atoms with Crippen molar-refractivity contribution in [2.45, 2.75) is 20.3 Å². The molecule has 1 amide bonds. The number of benzene rings is 2. The molecule has 1 aliphatic heterocycles. The summed E-state index contributed by atoms with van der Waals surface area (Å²) in [6.45, 7) is 4.70. The van der Waals surface area contributed by atoms with E-state index in [-0.39, 0.29) is 11.6 Å². The number of aryl methyl sites for hydroxylation is 2. The molecule has 1 aliphatic rings. The average molecular weight is 362 g/mol. The van der Waals surface area contributed by atoms with Crippen molar-refractivity contribution >= 4 is 17.3 Å². The number of hydrogen-bond donors (Lipinski definition) is 0. The minimum absolute atomic E-state index is 0.0714. The van der Waals surface area contributed by atoms with Crippen molar-refractivity contribution in [1.82, 2.24) is 9.55 Å². The van der Waals surface area contributed by atoms with Crippen molar-refractivity contribution in [3.8, 4) is 5.69 Å². The van der Waals surface area contributed by atoms with Crippen LogP contribution < -0.4 is 4.90 Å². The summed E-state index contributed by atoms with van der Waals surface area (Å²) >= 11 is 0. The molecule has 3 aromatic rings. The number of amides is 1. The quantitative estimate of drug-likeness (QED) is 0.527. The van der Waals surface area contributed by atoms with Crippen LogP contribution >= 0.6 is 0 Å². The minimum atomic E-state index is -0.457. The van der Waals surface area contributed by atoms with E-state index in [9.17, 15) is 14.9 Å². The third-order valence-electron chi connectivity index (χ3n) is 5.04. The molecule has 0 aliphatic carbocycles. The van der Waals surface area contributed by atoms with E-state index in [4.69, 9.17) is 0 Å². The van der Waals surface area contributed by atoms with E-state index in [0.717, 1.165) is 23.2 Å². The van der Waals surface area contributed by atoms with Gasteiger partial charge < -0.3 is 9.47 Å². The SMILES string of the molecule is Cc1cc2c(cc1C)N(C(=O)c1ccc([N+](=O)[O-])c(-n3ccnc3)c1)CC2. The fraction of sp³-hybridized carbons (Fsp3) is 0.200. The Balaban J connectivity index is 1.75. The summed E-state index contributed by atoms with van der Waals surface area (Å²) < 4.78 is 1.54. The van der Waals surface area contributed by atoms with E-state index in [2.05, 4.69) is 18.0 Å². The van der Waals surface area contributed by atoms with E-state index >= 15 is 0 Å². The first-order chi connectivity index (χ1) is 13.0. The van der Waals surface area contributed by atoms with Crippen molar-refractivity contribution in [2.24, 2.45) is 0 Å². The Morgan fingerprint density at radius 1 is 1.15 bits per heavy atom. The van der Waals surface area contributed by atoms with Gasteiger partial charge in [0.05, 0.1) is 11.3 Å². The number of nitrogens with zero attached hydrogens (tertiary/aromatic N) is 4. The second-order valence-electron chi connectivity index (χ2n) is 6.70. The second kappa shape index (κ2) is 6.35. The van der Waals surface area contributed by atoms with Crippen LogP contribution in [0.3, 0.4) is 0 Å². The number of anilines is 1. The predicted octanol–water partition coefficient (Wildman–Crippen LogP) is 3.60. The number of aromatic nitrogens is 2. The topological polar surface area (TPSA) is 81.3 Å². The smallest absolute Gasteiger partial charge is 0.293 e. The van der Waals surface area contributed by atoms with Crippen molar-refractivity contribution in [2.75, 3.05) is 11.4 Å². The molecule has 136 valence electrons. The maximum absolute atomic E-state index is 13.1. The van der Waals surface area contributed by atoms with Gasteiger partial charge in [0.15, 0.2) is 0 Å². The lowest BCUT2D eigenvalue weighted by Crippen LogP contribution is -2.29. The number of imidazole rings is 1. The van der Waals surface area contributed by atoms with Crippen LogP contribution in [-0.2, 0) is 6.42 Å². The maximum atomic E-state index is 13.1. The van der Waals surface area contributed by atoms with Crippen LogP contribution in [-0.4, -0.2) is 26.9 Å². The third-order valence-corrected chi connectivity index (χ3v) is 5.04. The number of nitro groups is 1. The molecular weight excluding hydrogens is 344 g/mol. The normalized spacial score (nSPS) is 12.9. The number of rotatable bonds is 3. The average Bonchev–Trinajstić information content (AvgIpc) is 3.31. The van der Waals surface area contributed by atoms with Crippen LogP contribution in [0.2, 0.25) is 0 Å². The van der Waals surface area contributed by atoms with Crippen LogP contribution in [0.1, 0.15) is 27.0 Å². The van der Waals surface area contributed by atoms with Crippen molar-refractivity contribution in [1.29, 1.82) is 0 Å². The molecule has 0 bridgehead atoms. The minimum Gasteiger partial charge on any atom is -0.308 e. The zero-order valence-corrected chi connectivity index (χ0v) is 15.0. The summed E-state index contributed by atoms with van der Waals surface area (Å²) in [5.41, 5.74) is 5.09. The molecule has 0 radical (unpaired) electrons. The lowest BCUT2D eigenvalue weighted by molar-refractivity contribution is -0.384. The summed E-state index contributed by atoms with van der Waals surface area (Å²) in [5, 5.41) is 11.4. The van der Waals surface area contributed by atoms with Crippen molar-refractivity contribution in [3.05, 3.63) is 81.4 Å².